The van der Waals surface area contributed by atoms with E-state index in [1.165, 1.54) is 61.9 Å². The molecule has 1 unspecified atom stereocenters. The van der Waals surface area contributed by atoms with Crippen LogP contribution in [0.2, 0.25) is 0 Å². The Morgan fingerprint density at radius 1 is 1.21 bits per heavy atom. The van der Waals surface area contributed by atoms with Gasteiger partial charge < -0.3 is 44.8 Å². The van der Waals surface area contributed by atoms with E-state index in [0.717, 1.165) is 36.5 Å². The van der Waals surface area contributed by atoms with Gasteiger partial charge in [-0.1, -0.05) is 6.07 Å². The average Bonchev–Trinajstić information content (AvgIpc) is 3.83. The van der Waals surface area contributed by atoms with Crippen LogP contribution in [0.1, 0.15) is 68.1 Å². The molecule has 2 atom stereocenters. The van der Waals surface area contributed by atoms with Crippen LogP contribution in [0.5, 0.6) is 0 Å². The molecule has 266 valence electrons. The quantitative estimate of drug-likeness (QED) is 0.188. The van der Waals surface area contributed by atoms with Gasteiger partial charge in [0.25, 0.3) is 14.3 Å². The molecule has 1 aromatic carbocycles. The van der Waals surface area contributed by atoms with E-state index >= 15 is 0 Å². The van der Waals surface area contributed by atoms with E-state index in [1.54, 1.807) is 31.7 Å². The molecule has 2 aliphatic heterocycles. The molecule has 1 aromatic heterocycles. The monoisotopic (exact) mass is 703 g/mol. The van der Waals surface area contributed by atoms with Crippen LogP contribution >= 0.6 is 19.7 Å². The maximum Gasteiger partial charge on any atom is 0.339 e. The zero-order chi connectivity index (χ0) is 35.4. The molecule has 2 aromatic rings. The van der Waals surface area contributed by atoms with Crippen molar-refractivity contribution in [1.82, 2.24) is 20.4 Å². The largest absolute Gasteiger partial charge is 0.365 e. The molecule has 15 heteroatoms. The van der Waals surface area contributed by atoms with E-state index in [9.17, 15) is 23.2 Å². The second kappa shape index (κ2) is 23.0. The molecular weight excluding hydrogens is 651 g/mol. The molecule has 0 aliphatic carbocycles. The molecule has 2 aliphatic rings. The summed E-state index contributed by atoms with van der Waals surface area (Å²) in [6, 6.07) is 7.10. The number of nitrogens with two attached hydrogens (primary N) is 1. The normalized spacial score (nSPS) is 17.6. The van der Waals surface area contributed by atoms with Gasteiger partial charge in [0, 0.05) is 55.3 Å². The van der Waals surface area contributed by atoms with Crippen molar-refractivity contribution < 1.29 is 37.0 Å². The van der Waals surface area contributed by atoms with Crippen LogP contribution in [0.3, 0.4) is 0 Å². The van der Waals surface area contributed by atoms with Gasteiger partial charge in [-0.25, -0.2) is 0 Å². The maximum atomic E-state index is 14.6. The molecule has 47 heavy (non-hydrogen) atoms. The van der Waals surface area contributed by atoms with E-state index in [4.69, 9.17) is 19.6 Å². The van der Waals surface area contributed by atoms with Gasteiger partial charge in [0.15, 0.2) is 0 Å². The Hall–Kier alpha value is -2.45. The van der Waals surface area contributed by atoms with E-state index < -0.39 is 19.9 Å². The Morgan fingerprint density at radius 3 is 2.36 bits per heavy atom. The summed E-state index contributed by atoms with van der Waals surface area (Å²) in [6.07, 6.45) is 6.12. The second-order valence-electron chi connectivity index (χ2n) is 10.9. The number of likely N-dealkylation sites (N-methyl/N-ethyl adjacent to an activating group) is 1. The molecule has 2 saturated heterocycles. The SMILES string of the molecule is C=O.CC(=O)N(CCC=O)CC[C@H]1CCCN1C.CCOP(OCC)C(F)(F)c1ccc2sc(C(N)=O)cc2c1.CNC1CCNC1. The highest BCUT2D eigenvalue weighted by atomic mass is 32.1. The first kappa shape index (κ1) is 42.6. The number of aldehydes is 1. The van der Waals surface area contributed by atoms with Crippen LogP contribution in [0.4, 0.5) is 8.78 Å². The summed E-state index contributed by atoms with van der Waals surface area (Å²) in [7, 11) is 1.79. The summed E-state index contributed by atoms with van der Waals surface area (Å²) in [4.78, 5) is 45.3. The minimum absolute atomic E-state index is 0.0718. The number of likely N-dealkylation sites (tertiary alicyclic amines) is 1. The van der Waals surface area contributed by atoms with E-state index in [2.05, 4.69) is 22.6 Å². The maximum absolute atomic E-state index is 14.6. The van der Waals surface area contributed by atoms with Crippen LogP contribution in [0.25, 0.3) is 10.1 Å². The Labute approximate surface area is 282 Å². The third kappa shape index (κ3) is 14.3. The number of fused-ring (bicyclic) bond motifs is 1. The predicted octanol–water partition coefficient (Wildman–Crippen LogP) is 4.73. The zero-order valence-electron chi connectivity index (χ0n) is 28.3. The number of thiophene rings is 1. The lowest BCUT2D eigenvalue weighted by molar-refractivity contribution is -0.129. The van der Waals surface area contributed by atoms with Gasteiger partial charge in [0.05, 0.1) is 18.1 Å². The number of benzene rings is 1. The first-order valence-electron chi connectivity index (χ1n) is 15.8. The molecular formula is C32H52F2N5O6PS. The van der Waals surface area contributed by atoms with Gasteiger partial charge in [-0.2, -0.15) is 8.78 Å². The van der Waals surface area contributed by atoms with Crippen molar-refractivity contribution in [3.63, 3.8) is 0 Å². The fourth-order valence-electron chi connectivity index (χ4n) is 5.08. The van der Waals surface area contributed by atoms with Gasteiger partial charge in [-0.05, 0) is 90.3 Å². The summed E-state index contributed by atoms with van der Waals surface area (Å²) in [5.41, 5.74) is 1.79. The number of nitrogens with zero attached hydrogens (tertiary/aromatic N) is 2. The predicted molar refractivity (Wildman–Crippen MR) is 185 cm³/mol. The average molecular weight is 704 g/mol. The number of nitrogens with one attached hydrogen (secondary N) is 2. The highest BCUT2D eigenvalue weighted by Crippen LogP contribution is 2.60. The van der Waals surface area contributed by atoms with Gasteiger partial charge in [0.2, 0.25) is 5.91 Å². The summed E-state index contributed by atoms with van der Waals surface area (Å²) in [6.45, 7) is 12.0. The number of carbonyl (C=O) groups is 4. The molecule has 4 N–H and O–H groups in total. The van der Waals surface area contributed by atoms with Gasteiger partial charge in [-0.3, -0.25) is 9.59 Å². The summed E-state index contributed by atoms with van der Waals surface area (Å²) in [5.74, 6) is -0.497. The number of carbonyl (C=O) groups excluding carboxylic acids is 4. The number of amides is 2. The molecule has 11 nitrogen and oxygen atoms in total. The molecule has 0 spiro atoms. The van der Waals surface area contributed by atoms with Crippen molar-refractivity contribution >= 4 is 54.7 Å². The highest BCUT2D eigenvalue weighted by molar-refractivity contribution is 7.48. The lowest BCUT2D eigenvalue weighted by Gasteiger charge is -2.25. The van der Waals surface area contributed by atoms with E-state index in [-0.39, 0.29) is 24.7 Å². The molecule has 3 heterocycles. The topological polar surface area (TPSA) is 143 Å². The standard InChI is InChI=1S/C14H16F2NO3PS.C12H22N2O2.C5H12N2.CH2O/c1-3-19-21(20-4-2)14(15,16)10-5-6-11-9(7-10)8-12(22-11)13(17)18;1-11(16)14(8-4-10-15)9-6-12-5-3-7-13(12)2;1-6-5-2-3-7-4-5;1-2/h5-8H,3-4H2,1-2H3,(H2,17,18);10,12H,3-9H2,1-2H3;5-7H,2-4H2,1H3;1H2/t;12-;;/m.1../s1. The lowest BCUT2D eigenvalue weighted by atomic mass is 10.1. The zero-order valence-corrected chi connectivity index (χ0v) is 30.0. The Morgan fingerprint density at radius 2 is 1.89 bits per heavy atom. The van der Waals surface area contributed by atoms with Crippen LogP contribution in [0, 0.1) is 0 Å². The van der Waals surface area contributed by atoms with Crippen molar-refractivity contribution in [2.75, 3.05) is 60.0 Å². The Kier molecular flexibility index (Phi) is 20.8. The lowest BCUT2D eigenvalue weighted by Crippen LogP contribution is -2.35. The molecule has 0 saturated carbocycles. The van der Waals surface area contributed by atoms with Crippen molar-refractivity contribution in [2.45, 2.75) is 70.6 Å². The number of hydrogen-bond acceptors (Lipinski definition) is 10. The Bertz CT molecular complexity index is 1210. The fraction of sp³-hybridized carbons (Fsp3) is 0.625. The third-order valence-corrected chi connectivity index (χ3v) is 10.5. The minimum atomic E-state index is -3.23. The first-order chi connectivity index (χ1) is 22.5. The van der Waals surface area contributed by atoms with Gasteiger partial charge in [0.1, 0.15) is 13.1 Å². The molecule has 4 rings (SSSR count). The van der Waals surface area contributed by atoms with Gasteiger partial charge in [-0.15, -0.1) is 11.3 Å². The molecule has 2 fully saturated rings. The second-order valence-corrected chi connectivity index (χ2v) is 13.5. The van der Waals surface area contributed by atoms with Crippen LogP contribution in [-0.2, 0) is 29.1 Å². The molecule has 0 bridgehead atoms. The third-order valence-electron chi connectivity index (χ3n) is 7.66. The number of primary amides is 1. The number of halogens is 2. The molecule has 0 radical (unpaired) electrons. The summed E-state index contributed by atoms with van der Waals surface area (Å²) < 4.78 is 40.0. The van der Waals surface area contributed by atoms with E-state index in [0.29, 0.717) is 29.3 Å². The van der Waals surface area contributed by atoms with Gasteiger partial charge >= 0.3 is 5.66 Å². The Balaban J connectivity index is 0.000000384. The van der Waals surface area contributed by atoms with Crippen LogP contribution < -0.4 is 16.4 Å². The number of rotatable bonds is 14. The summed E-state index contributed by atoms with van der Waals surface area (Å²) in [5, 5.41) is 7.02. The van der Waals surface area contributed by atoms with Crippen LogP contribution in [0.15, 0.2) is 24.3 Å². The fourth-order valence-corrected chi connectivity index (χ4v) is 7.19. The van der Waals surface area contributed by atoms with Crippen molar-refractivity contribution in [1.29, 1.82) is 0 Å². The van der Waals surface area contributed by atoms with Crippen molar-refractivity contribution in [3.8, 4) is 0 Å². The van der Waals surface area contributed by atoms with Crippen molar-refractivity contribution in [2.24, 2.45) is 5.73 Å². The smallest absolute Gasteiger partial charge is 0.339 e. The highest BCUT2D eigenvalue weighted by Gasteiger charge is 2.44. The van der Waals surface area contributed by atoms with Crippen LogP contribution in [-0.4, -0.2) is 107 Å². The number of alkyl halides is 2. The summed E-state index contributed by atoms with van der Waals surface area (Å²) >= 11 is 1.18. The minimum Gasteiger partial charge on any atom is -0.365 e. The molecule has 2 amide bonds. The number of hydrogen-bond donors (Lipinski definition) is 3. The van der Waals surface area contributed by atoms with E-state index in [1.807, 2.05) is 13.8 Å². The van der Waals surface area contributed by atoms with Crippen molar-refractivity contribution in [3.05, 3.63) is 34.7 Å². The first-order valence-corrected chi connectivity index (χ1v) is 17.8.